The highest BCUT2D eigenvalue weighted by molar-refractivity contribution is 5.74. The van der Waals surface area contributed by atoms with E-state index >= 15 is 0 Å². The number of nitrogens with two attached hydrogens (primary N) is 1. The number of nitrogens with zero attached hydrogens (tertiary/aromatic N) is 2. The molecule has 0 amide bonds. The number of anilines is 1. The molecule has 3 aromatic rings. The predicted molar refractivity (Wildman–Crippen MR) is 103 cm³/mol. The molecule has 1 aliphatic rings. The van der Waals surface area contributed by atoms with E-state index in [2.05, 4.69) is 9.97 Å². The summed E-state index contributed by atoms with van der Waals surface area (Å²) in [7, 11) is 4.68. The van der Waals surface area contributed by atoms with Gasteiger partial charge in [-0.15, -0.1) is 0 Å². The standard InChI is InChI=1S/C20H19N3O5/c1-24-17-7-12(8-18(25-2)19(17)26-3)14-9-13(22-20(21)23-14)11-4-5-15-16(6-11)28-10-27-15/h4-9H,10H2,1-3H3,(H2,21,22,23). The normalized spacial score (nSPS) is 12.0. The Morgan fingerprint density at radius 2 is 1.43 bits per heavy atom. The number of fused-ring (bicyclic) bond motifs is 1. The van der Waals surface area contributed by atoms with Gasteiger partial charge in [0.2, 0.25) is 18.5 Å². The maximum atomic E-state index is 5.98. The summed E-state index contributed by atoms with van der Waals surface area (Å²) in [4.78, 5) is 8.72. The monoisotopic (exact) mass is 381 g/mol. The molecule has 0 saturated carbocycles. The Labute approximate surface area is 161 Å². The Bertz CT molecular complexity index is 1010. The summed E-state index contributed by atoms with van der Waals surface area (Å²) in [6.45, 7) is 0.210. The van der Waals surface area contributed by atoms with Crippen molar-refractivity contribution in [2.45, 2.75) is 0 Å². The molecule has 2 heterocycles. The van der Waals surface area contributed by atoms with Crippen molar-refractivity contribution < 1.29 is 23.7 Å². The average Bonchev–Trinajstić information content (AvgIpc) is 3.20. The molecule has 4 rings (SSSR count). The second kappa shape index (κ2) is 7.15. The van der Waals surface area contributed by atoms with E-state index in [0.717, 1.165) is 11.1 Å². The molecule has 144 valence electrons. The molecule has 0 unspecified atom stereocenters. The van der Waals surface area contributed by atoms with Crippen molar-refractivity contribution in [1.29, 1.82) is 0 Å². The molecule has 28 heavy (non-hydrogen) atoms. The lowest BCUT2D eigenvalue weighted by molar-refractivity contribution is 0.174. The van der Waals surface area contributed by atoms with E-state index in [0.29, 0.717) is 40.1 Å². The van der Waals surface area contributed by atoms with Gasteiger partial charge in [0.05, 0.1) is 32.7 Å². The van der Waals surface area contributed by atoms with Crippen LogP contribution < -0.4 is 29.4 Å². The van der Waals surface area contributed by atoms with Gasteiger partial charge in [-0.3, -0.25) is 0 Å². The molecular weight excluding hydrogens is 362 g/mol. The Balaban J connectivity index is 1.81. The van der Waals surface area contributed by atoms with Crippen LogP contribution in [0, 0.1) is 0 Å². The van der Waals surface area contributed by atoms with Crippen molar-refractivity contribution >= 4 is 5.95 Å². The first-order valence-corrected chi connectivity index (χ1v) is 8.48. The van der Waals surface area contributed by atoms with Crippen LogP contribution in [0.2, 0.25) is 0 Å². The quantitative estimate of drug-likeness (QED) is 0.720. The van der Waals surface area contributed by atoms with Crippen molar-refractivity contribution in [2.24, 2.45) is 0 Å². The molecule has 2 N–H and O–H groups in total. The van der Waals surface area contributed by atoms with Crippen LogP contribution in [-0.4, -0.2) is 38.1 Å². The third kappa shape index (κ3) is 3.09. The third-order valence-corrected chi connectivity index (χ3v) is 4.37. The Morgan fingerprint density at radius 3 is 2.07 bits per heavy atom. The van der Waals surface area contributed by atoms with Gasteiger partial charge in [0.1, 0.15) is 0 Å². The number of aromatic nitrogens is 2. The van der Waals surface area contributed by atoms with E-state index < -0.39 is 0 Å². The molecule has 0 bridgehead atoms. The number of ether oxygens (including phenoxy) is 5. The van der Waals surface area contributed by atoms with Gasteiger partial charge < -0.3 is 29.4 Å². The van der Waals surface area contributed by atoms with Crippen molar-refractivity contribution in [1.82, 2.24) is 9.97 Å². The van der Waals surface area contributed by atoms with E-state index in [-0.39, 0.29) is 12.7 Å². The summed E-state index contributed by atoms with van der Waals surface area (Å²) in [5, 5.41) is 0. The minimum absolute atomic E-state index is 0.152. The van der Waals surface area contributed by atoms with Crippen LogP contribution in [0.3, 0.4) is 0 Å². The van der Waals surface area contributed by atoms with Gasteiger partial charge in [-0.2, -0.15) is 0 Å². The fourth-order valence-electron chi connectivity index (χ4n) is 3.05. The molecule has 0 aliphatic carbocycles. The van der Waals surface area contributed by atoms with Crippen LogP contribution in [0.5, 0.6) is 28.7 Å². The molecule has 0 fully saturated rings. The zero-order chi connectivity index (χ0) is 19.7. The molecule has 0 atom stereocenters. The van der Waals surface area contributed by atoms with Gasteiger partial charge in [0.25, 0.3) is 0 Å². The molecule has 8 nitrogen and oxygen atoms in total. The Morgan fingerprint density at radius 1 is 0.786 bits per heavy atom. The van der Waals surface area contributed by atoms with Gasteiger partial charge in [-0.1, -0.05) is 0 Å². The Kier molecular flexibility index (Phi) is 4.52. The number of rotatable bonds is 5. The van der Waals surface area contributed by atoms with Crippen LogP contribution in [0.25, 0.3) is 22.5 Å². The van der Waals surface area contributed by atoms with Crippen molar-refractivity contribution in [2.75, 3.05) is 33.9 Å². The first kappa shape index (κ1) is 17.7. The Hall–Kier alpha value is -3.68. The highest BCUT2D eigenvalue weighted by Gasteiger charge is 2.18. The SMILES string of the molecule is COc1cc(-c2cc(-c3ccc4c(c3)OCO4)nc(N)n2)cc(OC)c1OC. The van der Waals surface area contributed by atoms with Gasteiger partial charge >= 0.3 is 0 Å². The van der Waals surface area contributed by atoms with E-state index in [1.54, 1.807) is 21.3 Å². The van der Waals surface area contributed by atoms with Gasteiger partial charge in [-0.25, -0.2) is 9.97 Å². The van der Waals surface area contributed by atoms with Crippen LogP contribution in [0.15, 0.2) is 36.4 Å². The lowest BCUT2D eigenvalue weighted by Crippen LogP contribution is -2.00. The second-order valence-electron chi connectivity index (χ2n) is 5.98. The van der Waals surface area contributed by atoms with Gasteiger partial charge in [0, 0.05) is 11.1 Å². The lowest BCUT2D eigenvalue weighted by atomic mass is 10.1. The summed E-state index contributed by atoms with van der Waals surface area (Å²) >= 11 is 0. The number of hydrogen-bond donors (Lipinski definition) is 1. The minimum atomic E-state index is 0.152. The topological polar surface area (TPSA) is 98.0 Å². The molecule has 0 saturated heterocycles. The summed E-state index contributed by atoms with van der Waals surface area (Å²) in [6, 6.07) is 11.1. The zero-order valence-electron chi connectivity index (χ0n) is 15.7. The molecule has 0 spiro atoms. The van der Waals surface area contributed by atoms with E-state index in [9.17, 15) is 0 Å². The maximum absolute atomic E-state index is 5.98. The van der Waals surface area contributed by atoms with E-state index in [1.807, 2.05) is 36.4 Å². The minimum Gasteiger partial charge on any atom is -0.493 e. The summed E-state index contributed by atoms with van der Waals surface area (Å²) in [5.74, 6) is 3.09. The highest BCUT2D eigenvalue weighted by Crippen LogP contribution is 2.41. The van der Waals surface area contributed by atoms with Crippen LogP contribution in [0.4, 0.5) is 5.95 Å². The summed E-state index contributed by atoms with van der Waals surface area (Å²) in [6.07, 6.45) is 0. The van der Waals surface area contributed by atoms with Crippen LogP contribution in [-0.2, 0) is 0 Å². The lowest BCUT2D eigenvalue weighted by Gasteiger charge is -2.14. The number of methoxy groups -OCH3 is 3. The fraction of sp³-hybridized carbons (Fsp3) is 0.200. The van der Waals surface area contributed by atoms with E-state index in [1.165, 1.54) is 0 Å². The van der Waals surface area contributed by atoms with Crippen molar-refractivity contribution in [3.63, 3.8) is 0 Å². The van der Waals surface area contributed by atoms with Crippen molar-refractivity contribution in [3.05, 3.63) is 36.4 Å². The molecular formula is C20H19N3O5. The highest BCUT2D eigenvalue weighted by atomic mass is 16.7. The first-order valence-electron chi connectivity index (χ1n) is 8.48. The molecule has 8 heteroatoms. The maximum Gasteiger partial charge on any atom is 0.231 e. The molecule has 0 radical (unpaired) electrons. The smallest absolute Gasteiger partial charge is 0.231 e. The summed E-state index contributed by atoms with van der Waals surface area (Å²) < 4.78 is 27.0. The third-order valence-electron chi connectivity index (χ3n) is 4.37. The van der Waals surface area contributed by atoms with Crippen molar-refractivity contribution in [3.8, 4) is 51.3 Å². The van der Waals surface area contributed by atoms with Gasteiger partial charge in [0.15, 0.2) is 23.0 Å². The second-order valence-corrected chi connectivity index (χ2v) is 5.98. The number of hydrogen-bond acceptors (Lipinski definition) is 8. The summed E-state index contributed by atoms with van der Waals surface area (Å²) in [5.41, 5.74) is 8.86. The zero-order valence-corrected chi connectivity index (χ0v) is 15.7. The molecule has 2 aromatic carbocycles. The largest absolute Gasteiger partial charge is 0.493 e. The van der Waals surface area contributed by atoms with Crippen LogP contribution >= 0.6 is 0 Å². The first-order chi connectivity index (χ1) is 13.6. The van der Waals surface area contributed by atoms with E-state index in [4.69, 9.17) is 29.4 Å². The van der Waals surface area contributed by atoms with Crippen LogP contribution in [0.1, 0.15) is 0 Å². The van der Waals surface area contributed by atoms with Gasteiger partial charge in [-0.05, 0) is 36.4 Å². The molecule has 1 aliphatic heterocycles. The predicted octanol–water partition coefficient (Wildman–Crippen LogP) is 3.15. The number of benzene rings is 2. The molecule has 1 aromatic heterocycles. The average molecular weight is 381 g/mol. The fourth-order valence-corrected chi connectivity index (χ4v) is 3.05. The number of nitrogen functional groups attached to an aromatic ring is 1.